The zero-order valence-corrected chi connectivity index (χ0v) is 7.47. The maximum absolute atomic E-state index is 8.90. The van der Waals surface area contributed by atoms with Crippen molar-refractivity contribution in [3.63, 3.8) is 0 Å². The lowest BCUT2D eigenvalue weighted by Gasteiger charge is -2.07. The number of thiazole rings is 1. The van der Waals surface area contributed by atoms with Gasteiger partial charge in [-0.1, -0.05) is 13.3 Å². The Hall–Kier alpha value is -0.410. The SMILES string of the molecule is CCC(CO)Cc1nccs1. The molecule has 0 bridgehead atoms. The second-order valence-corrected chi connectivity index (χ2v) is 3.57. The average molecular weight is 171 g/mol. The lowest BCUT2D eigenvalue weighted by molar-refractivity contribution is 0.222. The van der Waals surface area contributed by atoms with Gasteiger partial charge in [-0.15, -0.1) is 11.3 Å². The second-order valence-electron chi connectivity index (χ2n) is 2.59. The molecule has 1 atom stereocenters. The lowest BCUT2D eigenvalue weighted by Crippen LogP contribution is -2.07. The summed E-state index contributed by atoms with van der Waals surface area (Å²) in [6.07, 6.45) is 3.75. The minimum absolute atomic E-state index is 0.274. The Balaban J connectivity index is 2.41. The van der Waals surface area contributed by atoms with Crippen molar-refractivity contribution in [3.05, 3.63) is 16.6 Å². The summed E-state index contributed by atoms with van der Waals surface area (Å²) >= 11 is 1.66. The van der Waals surface area contributed by atoms with E-state index in [-0.39, 0.29) is 6.61 Å². The number of aromatic nitrogens is 1. The van der Waals surface area contributed by atoms with Crippen molar-refractivity contribution < 1.29 is 5.11 Å². The van der Waals surface area contributed by atoms with E-state index in [0.717, 1.165) is 17.8 Å². The molecule has 0 fully saturated rings. The predicted molar refractivity (Wildman–Crippen MR) is 46.7 cm³/mol. The molecular formula is C8H13NOS. The van der Waals surface area contributed by atoms with Crippen LogP contribution in [0, 0.1) is 5.92 Å². The maximum atomic E-state index is 8.90. The summed E-state index contributed by atoms with van der Waals surface area (Å²) < 4.78 is 0. The Labute approximate surface area is 70.9 Å². The zero-order chi connectivity index (χ0) is 8.10. The molecule has 0 aliphatic rings. The highest BCUT2D eigenvalue weighted by molar-refractivity contribution is 7.09. The van der Waals surface area contributed by atoms with Gasteiger partial charge in [-0.2, -0.15) is 0 Å². The van der Waals surface area contributed by atoms with Crippen molar-refractivity contribution in [3.8, 4) is 0 Å². The fourth-order valence-electron chi connectivity index (χ4n) is 0.939. The van der Waals surface area contributed by atoms with Crippen LogP contribution in [0.4, 0.5) is 0 Å². The molecule has 0 aromatic carbocycles. The molecule has 62 valence electrons. The van der Waals surface area contributed by atoms with Gasteiger partial charge in [-0.05, 0) is 5.92 Å². The maximum Gasteiger partial charge on any atom is 0.0928 e. The van der Waals surface area contributed by atoms with E-state index in [4.69, 9.17) is 5.11 Å². The van der Waals surface area contributed by atoms with Gasteiger partial charge >= 0.3 is 0 Å². The van der Waals surface area contributed by atoms with Gasteiger partial charge in [0.25, 0.3) is 0 Å². The molecule has 1 aromatic rings. The van der Waals surface area contributed by atoms with Crippen LogP contribution in [-0.4, -0.2) is 16.7 Å². The van der Waals surface area contributed by atoms with Crippen molar-refractivity contribution in [2.45, 2.75) is 19.8 Å². The largest absolute Gasteiger partial charge is 0.396 e. The molecule has 11 heavy (non-hydrogen) atoms. The Kier molecular flexibility index (Phi) is 3.52. The summed E-state index contributed by atoms with van der Waals surface area (Å²) in [5, 5.41) is 12.0. The van der Waals surface area contributed by atoms with E-state index < -0.39 is 0 Å². The first-order valence-electron chi connectivity index (χ1n) is 3.86. The summed E-state index contributed by atoms with van der Waals surface area (Å²) in [7, 11) is 0. The van der Waals surface area contributed by atoms with Gasteiger partial charge in [-0.25, -0.2) is 4.98 Å². The van der Waals surface area contributed by atoms with Crippen molar-refractivity contribution in [2.75, 3.05) is 6.61 Å². The van der Waals surface area contributed by atoms with Crippen molar-refractivity contribution >= 4 is 11.3 Å². The van der Waals surface area contributed by atoms with E-state index in [2.05, 4.69) is 11.9 Å². The summed E-state index contributed by atoms with van der Waals surface area (Å²) in [5.41, 5.74) is 0. The van der Waals surface area contributed by atoms with Crippen molar-refractivity contribution in [1.29, 1.82) is 0 Å². The lowest BCUT2D eigenvalue weighted by atomic mass is 10.0. The molecule has 1 unspecified atom stereocenters. The number of hydrogen-bond acceptors (Lipinski definition) is 3. The number of aliphatic hydroxyl groups is 1. The Morgan fingerprint density at radius 1 is 1.73 bits per heavy atom. The van der Waals surface area contributed by atoms with Gasteiger partial charge in [0.1, 0.15) is 0 Å². The minimum atomic E-state index is 0.274. The number of aliphatic hydroxyl groups excluding tert-OH is 1. The Bertz CT molecular complexity index is 182. The van der Waals surface area contributed by atoms with Gasteiger partial charge in [-0.3, -0.25) is 0 Å². The van der Waals surface area contributed by atoms with Gasteiger partial charge in [0, 0.05) is 24.6 Å². The highest BCUT2D eigenvalue weighted by Crippen LogP contribution is 2.13. The quantitative estimate of drug-likeness (QED) is 0.748. The van der Waals surface area contributed by atoms with E-state index in [1.54, 1.807) is 11.3 Å². The van der Waals surface area contributed by atoms with Crippen LogP contribution in [0.15, 0.2) is 11.6 Å². The van der Waals surface area contributed by atoms with Crippen LogP contribution < -0.4 is 0 Å². The highest BCUT2D eigenvalue weighted by atomic mass is 32.1. The third-order valence-corrected chi connectivity index (χ3v) is 2.58. The third kappa shape index (κ3) is 2.60. The van der Waals surface area contributed by atoms with Crippen LogP contribution in [0.3, 0.4) is 0 Å². The summed E-state index contributed by atoms with van der Waals surface area (Å²) in [6.45, 7) is 2.37. The first kappa shape index (κ1) is 8.68. The molecular weight excluding hydrogens is 158 g/mol. The minimum Gasteiger partial charge on any atom is -0.396 e. The van der Waals surface area contributed by atoms with Crippen LogP contribution in [0.25, 0.3) is 0 Å². The molecule has 0 spiro atoms. The predicted octanol–water partition coefficient (Wildman–Crippen LogP) is 1.70. The van der Waals surface area contributed by atoms with E-state index in [1.807, 2.05) is 11.6 Å². The van der Waals surface area contributed by atoms with E-state index in [1.165, 1.54) is 0 Å². The third-order valence-electron chi connectivity index (χ3n) is 1.78. The number of hydrogen-bond donors (Lipinski definition) is 1. The molecule has 1 N–H and O–H groups in total. The topological polar surface area (TPSA) is 33.1 Å². The van der Waals surface area contributed by atoms with Gasteiger partial charge in [0.15, 0.2) is 0 Å². The van der Waals surface area contributed by atoms with E-state index >= 15 is 0 Å². The molecule has 0 aliphatic heterocycles. The summed E-state index contributed by atoms with van der Waals surface area (Å²) in [5.74, 6) is 0.390. The molecule has 0 radical (unpaired) electrons. The van der Waals surface area contributed by atoms with Crippen molar-refractivity contribution in [2.24, 2.45) is 5.92 Å². The molecule has 0 saturated carbocycles. The monoisotopic (exact) mass is 171 g/mol. The van der Waals surface area contributed by atoms with E-state index in [9.17, 15) is 0 Å². The fourth-order valence-corrected chi connectivity index (χ4v) is 1.67. The molecule has 2 nitrogen and oxygen atoms in total. The van der Waals surface area contributed by atoms with Crippen molar-refractivity contribution in [1.82, 2.24) is 4.98 Å². The molecule has 0 amide bonds. The first-order chi connectivity index (χ1) is 5.36. The molecule has 1 rings (SSSR count). The van der Waals surface area contributed by atoms with Gasteiger partial charge in [0.05, 0.1) is 5.01 Å². The first-order valence-corrected chi connectivity index (χ1v) is 4.74. The molecule has 0 saturated heterocycles. The van der Waals surface area contributed by atoms with E-state index in [0.29, 0.717) is 5.92 Å². The summed E-state index contributed by atoms with van der Waals surface area (Å²) in [6, 6.07) is 0. The standard InChI is InChI=1S/C8H13NOS/c1-2-7(6-10)5-8-9-3-4-11-8/h3-4,7,10H,2,5-6H2,1H3. The molecule has 3 heteroatoms. The van der Waals surface area contributed by atoms with Gasteiger partial charge in [0.2, 0.25) is 0 Å². The molecule has 1 heterocycles. The fraction of sp³-hybridized carbons (Fsp3) is 0.625. The number of nitrogens with zero attached hydrogens (tertiary/aromatic N) is 1. The Morgan fingerprint density at radius 3 is 3.00 bits per heavy atom. The van der Waals surface area contributed by atoms with Crippen LogP contribution in [0.2, 0.25) is 0 Å². The van der Waals surface area contributed by atoms with Gasteiger partial charge < -0.3 is 5.11 Å². The smallest absolute Gasteiger partial charge is 0.0928 e. The summed E-state index contributed by atoms with van der Waals surface area (Å²) in [4.78, 5) is 4.16. The zero-order valence-electron chi connectivity index (χ0n) is 6.66. The second kappa shape index (κ2) is 4.46. The number of rotatable bonds is 4. The van der Waals surface area contributed by atoms with Crippen LogP contribution in [-0.2, 0) is 6.42 Å². The normalized spacial score (nSPS) is 13.3. The van der Waals surface area contributed by atoms with Crippen LogP contribution >= 0.6 is 11.3 Å². The van der Waals surface area contributed by atoms with Crippen LogP contribution in [0.1, 0.15) is 18.4 Å². The average Bonchev–Trinajstić information content (AvgIpc) is 2.52. The molecule has 1 aromatic heterocycles. The van der Waals surface area contributed by atoms with Crippen LogP contribution in [0.5, 0.6) is 0 Å². The highest BCUT2D eigenvalue weighted by Gasteiger charge is 2.06. The molecule has 0 aliphatic carbocycles. The Morgan fingerprint density at radius 2 is 2.55 bits per heavy atom.